The summed E-state index contributed by atoms with van der Waals surface area (Å²) in [6.07, 6.45) is -0.0391. The molecule has 1 fully saturated rings. The summed E-state index contributed by atoms with van der Waals surface area (Å²) in [7, 11) is 1.68. The second-order valence-corrected chi connectivity index (χ2v) is 7.05. The molecule has 0 amide bonds. The number of aromatic nitrogens is 1. The Bertz CT molecular complexity index is 822. The number of hydrogen-bond acceptors (Lipinski definition) is 4. The number of guanidine groups is 1. The van der Waals surface area contributed by atoms with Gasteiger partial charge in [-0.05, 0) is 42.2 Å². The molecular formula is C21H27F3IN5O. The normalized spacial score (nSPS) is 14.2. The highest BCUT2D eigenvalue weighted by Crippen LogP contribution is 2.19. The summed E-state index contributed by atoms with van der Waals surface area (Å²) in [4.78, 5) is 11.0. The molecule has 0 aliphatic carbocycles. The summed E-state index contributed by atoms with van der Waals surface area (Å²) in [5.74, 6) is 1.82. The Hall–Kier alpha value is -2.24. The van der Waals surface area contributed by atoms with Crippen LogP contribution in [0.4, 0.5) is 19.0 Å². The molecule has 2 N–H and O–H groups in total. The minimum absolute atomic E-state index is 0. The maximum atomic E-state index is 12.2. The van der Waals surface area contributed by atoms with Crippen LogP contribution in [0.3, 0.4) is 0 Å². The predicted molar refractivity (Wildman–Crippen MR) is 126 cm³/mol. The van der Waals surface area contributed by atoms with E-state index < -0.39 is 12.8 Å². The van der Waals surface area contributed by atoms with Gasteiger partial charge in [-0.3, -0.25) is 4.99 Å². The number of aliphatic imine (C=N–C) groups is 1. The van der Waals surface area contributed by atoms with Gasteiger partial charge in [0, 0.05) is 39.4 Å². The second-order valence-electron chi connectivity index (χ2n) is 7.05. The lowest BCUT2D eigenvalue weighted by Gasteiger charge is -2.16. The number of nitrogens with zero attached hydrogens (tertiary/aromatic N) is 3. The molecule has 31 heavy (non-hydrogen) atoms. The summed E-state index contributed by atoms with van der Waals surface area (Å²) < 4.78 is 41.3. The van der Waals surface area contributed by atoms with Gasteiger partial charge < -0.3 is 20.3 Å². The van der Waals surface area contributed by atoms with Crippen LogP contribution in [0.25, 0.3) is 0 Å². The second kappa shape index (κ2) is 12.0. The molecule has 170 valence electrons. The van der Waals surface area contributed by atoms with Crippen molar-refractivity contribution in [3.63, 3.8) is 0 Å². The number of nitrogens with one attached hydrogen (secondary N) is 2. The van der Waals surface area contributed by atoms with Gasteiger partial charge in [0.2, 0.25) is 0 Å². The minimum atomic E-state index is -4.34. The summed E-state index contributed by atoms with van der Waals surface area (Å²) in [6, 6.07) is 10.6. The maximum Gasteiger partial charge on any atom is 0.422 e. The van der Waals surface area contributed by atoms with E-state index in [1.807, 2.05) is 12.3 Å². The number of alkyl halides is 3. The van der Waals surface area contributed by atoms with Crippen LogP contribution >= 0.6 is 24.0 Å². The Kier molecular flexibility index (Phi) is 9.66. The van der Waals surface area contributed by atoms with Crippen molar-refractivity contribution in [3.05, 3.63) is 53.7 Å². The van der Waals surface area contributed by atoms with Crippen LogP contribution in [-0.4, -0.2) is 43.9 Å². The smallest absolute Gasteiger partial charge is 0.422 e. The summed E-state index contributed by atoms with van der Waals surface area (Å²) in [5.41, 5.74) is 1.95. The van der Waals surface area contributed by atoms with E-state index in [0.717, 1.165) is 30.0 Å². The Morgan fingerprint density at radius 1 is 1.03 bits per heavy atom. The molecule has 1 aliphatic rings. The molecule has 1 aromatic carbocycles. The van der Waals surface area contributed by atoms with Crippen molar-refractivity contribution in [2.45, 2.75) is 32.1 Å². The summed E-state index contributed by atoms with van der Waals surface area (Å²) in [6.45, 7) is 1.89. The van der Waals surface area contributed by atoms with Crippen LogP contribution in [0.15, 0.2) is 47.6 Å². The van der Waals surface area contributed by atoms with Crippen molar-refractivity contribution in [2.24, 2.45) is 4.99 Å². The first-order chi connectivity index (χ1) is 14.4. The first kappa shape index (κ1) is 25.0. The molecule has 1 aromatic heterocycles. The maximum absolute atomic E-state index is 12.2. The third-order valence-electron chi connectivity index (χ3n) is 4.71. The van der Waals surface area contributed by atoms with Gasteiger partial charge in [-0.1, -0.05) is 18.2 Å². The molecule has 1 aliphatic heterocycles. The standard InChI is InChI=1S/C21H26F3N5O.HI/c1-25-20(27-12-16-4-7-18(8-5-16)30-15-21(22,23)24)28-14-17-6-9-19(26-13-17)29-10-2-3-11-29;/h4-9,13H,2-3,10-12,14-15H2,1H3,(H2,25,27,28);1H. The van der Waals surface area contributed by atoms with Gasteiger partial charge in [0.25, 0.3) is 0 Å². The van der Waals surface area contributed by atoms with Crippen LogP contribution in [-0.2, 0) is 13.1 Å². The Morgan fingerprint density at radius 2 is 1.65 bits per heavy atom. The van der Waals surface area contributed by atoms with Crippen LogP contribution in [0.1, 0.15) is 24.0 Å². The quantitative estimate of drug-likeness (QED) is 0.310. The molecule has 6 nitrogen and oxygen atoms in total. The number of ether oxygens (including phenoxy) is 1. The predicted octanol–water partition coefficient (Wildman–Crippen LogP) is 4.11. The Morgan fingerprint density at radius 3 is 2.19 bits per heavy atom. The zero-order valence-electron chi connectivity index (χ0n) is 17.3. The number of pyridine rings is 1. The number of benzene rings is 1. The molecule has 2 heterocycles. The zero-order valence-corrected chi connectivity index (χ0v) is 19.6. The average Bonchev–Trinajstić information content (AvgIpc) is 3.28. The van der Waals surface area contributed by atoms with Crippen molar-refractivity contribution in [2.75, 3.05) is 31.6 Å². The van der Waals surface area contributed by atoms with Gasteiger partial charge in [0.15, 0.2) is 12.6 Å². The van der Waals surface area contributed by atoms with E-state index in [1.54, 1.807) is 19.2 Å². The van der Waals surface area contributed by atoms with E-state index in [4.69, 9.17) is 4.74 Å². The van der Waals surface area contributed by atoms with Crippen molar-refractivity contribution in [1.82, 2.24) is 15.6 Å². The van der Waals surface area contributed by atoms with E-state index in [-0.39, 0.29) is 29.7 Å². The van der Waals surface area contributed by atoms with Gasteiger partial charge >= 0.3 is 6.18 Å². The summed E-state index contributed by atoms with van der Waals surface area (Å²) >= 11 is 0. The van der Waals surface area contributed by atoms with E-state index in [2.05, 4.69) is 31.6 Å². The lowest BCUT2D eigenvalue weighted by Crippen LogP contribution is -2.36. The number of rotatable bonds is 7. The number of hydrogen-bond donors (Lipinski definition) is 2. The van der Waals surface area contributed by atoms with Crippen molar-refractivity contribution >= 4 is 35.8 Å². The SMILES string of the molecule is CN=C(NCc1ccc(OCC(F)(F)F)cc1)NCc1ccc(N2CCCC2)nc1.I. The van der Waals surface area contributed by atoms with Gasteiger partial charge in [0.1, 0.15) is 11.6 Å². The Balaban J connectivity index is 0.00000341. The molecule has 3 rings (SSSR count). The molecule has 0 bridgehead atoms. The largest absolute Gasteiger partial charge is 0.484 e. The van der Waals surface area contributed by atoms with Crippen LogP contribution in [0, 0.1) is 0 Å². The van der Waals surface area contributed by atoms with Crippen LogP contribution in [0.2, 0.25) is 0 Å². The average molecular weight is 549 g/mol. The highest BCUT2D eigenvalue weighted by molar-refractivity contribution is 14.0. The van der Waals surface area contributed by atoms with E-state index in [9.17, 15) is 13.2 Å². The molecule has 1 saturated heterocycles. The van der Waals surface area contributed by atoms with E-state index >= 15 is 0 Å². The Labute approximate surface area is 197 Å². The first-order valence-corrected chi connectivity index (χ1v) is 9.86. The highest BCUT2D eigenvalue weighted by atomic mass is 127. The number of halogens is 4. The van der Waals surface area contributed by atoms with Crippen molar-refractivity contribution < 1.29 is 17.9 Å². The molecule has 10 heteroatoms. The third kappa shape index (κ3) is 8.42. The monoisotopic (exact) mass is 549 g/mol. The zero-order chi connectivity index (χ0) is 21.4. The molecule has 0 radical (unpaired) electrons. The molecule has 0 unspecified atom stereocenters. The van der Waals surface area contributed by atoms with Crippen molar-refractivity contribution in [3.8, 4) is 5.75 Å². The topological polar surface area (TPSA) is 61.8 Å². The van der Waals surface area contributed by atoms with E-state index in [1.165, 1.54) is 25.0 Å². The van der Waals surface area contributed by atoms with Crippen molar-refractivity contribution in [1.29, 1.82) is 0 Å². The van der Waals surface area contributed by atoms with Crippen LogP contribution in [0.5, 0.6) is 5.75 Å². The molecule has 0 saturated carbocycles. The lowest BCUT2D eigenvalue weighted by atomic mass is 10.2. The molecular weight excluding hydrogens is 522 g/mol. The third-order valence-corrected chi connectivity index (χ3v) is 4.71. The minimum Gasteiger partial charge on any atom is -0.484 e. The van der Waals surface area contributed by atoms with Gasteiger partial charge in [-0.2, -0.15) is 13.2 Å². The van der Waals surface area contributed by atoms with Crippen LogP contribution < -0.4 is 20.3 Å². The molecule has 0 spiro atoms. The molecule has 2 aromatic rings. The fraction of sp³-hybridized carbons (Fsp3) is 0.429. The molecule has 0 atom stereocenters. The lowest BCUT2D eigenvalue weighted by molar-refractivity contribution is -0.153. The fourth-order valence-corrected chi connectivity index (χ4v) is 3.12. The first-order valence-electron chi connectivity index (χ1n) is 9.86. The van der Waals surface area contributed by atoms with E-state index in [0.29, 0.717) is 19.0 Å². The van der Waals surface area contributed by atoms with Gasteiger partial charge in [-0.25, -0.2) is 4.98 Å². The number of anilines is 1. The highest BCUT2D eigenvalue weighted by Gasteiger charge is 2.28. The fourth-order valence-electron chi connectivity index (χ4n) is 3.12. The van der Waals surface area contributed by atoms with Gasteiger partial charge in [-0.15, -0.1) is 24.0 Å². The van der Waals surface area contributed by atoms with Gasteiger partial charge in [0.05, 0.1) is 0 Å². The summed E-state index contributed by atoms with van der Waals surface area (Å²) in [5, 5.41) is 6.41.